The first-order valence-corrected chi connectivity index (χ1v) is 8.31. The third-order valence-electron chi connectivity index (χ3n) is 4.51. The molecule has 0 spiro atoms. The van der Waals surface area contributed by atoms with Crippen LogP contribution in [0, 0.1) is 0 Å². The van der Waals surface area contributed by atoms with E-state index in [4.69, 9.17) is 4.74 Å². The van der Waals surface area contributed by atoms with Gasteiger partial charge >= 0.3 is 0 Å². The van der Waals surface area contributed by atoms with E-state index < -0.39 is 30.8 Å². The minimum absolute atomic E-state index is 0.000573. The van der Waals surface area contributed by atoms with Crippen molar-refractivity contribution in [2.24, 2.45) is 0 Å². The molecule has 1 fully saturated rings. The van der Waals surface area contributed by atoms with Crippen molar-refractivity contribution in [3.8, 4) is 5.75 Å². The van der Waals surface area contributed by atoms with E-state index in [0.29, 0.717) is 11.3 Å². The molecule has 3 aromatic rings. The molecule has 3 heterocycles. The van der Waals surface area contributed by atoms with Gasteiger partial charge in [0.25, 0.3) is 11.8 Å². The SMILES string of the molecule is O=C(c1ccc2[nH]ccc2c1)N1CC(F)(F)C[C@H]1COc1cccnc1. The number of nitrogens with one attached hydrogen (secondary N) is 1. The number of ether oxygens (including phenoxy) is 1. The fourth-order valence-corrected chi connectivity index (χ4v) is 3.26. The van der Waals surface area contributed by atoms with E-state index in [1.54, 1.807) is 42.7 Å². The molecule has 1 aliphatic rings. The summed E-state index contributed by atoms with van der Waals surface area (Å²) in [6.45, 7) is -0.600. The highest BCUT2D eigenvalue weighted by molar-refractivity contribution is 5.98. The fourth-order valence-electron chi connectivity index (χ4n) is 3.26. The zero-order valence-electron chi connectivity index (χ0n) is 13.9. The van der Waals surface area contributed by atoms with Gasteiger partial charge in [-0.1, -0.05) is 0 Å². The summed E-state index contributed by atoms with van der Waals surface area (Å²) in [5.74, 6) is -2.84. The fraction of sp³-hybridized carbons (Fsp3) is 0.263. The van der Waals surface area contributed by atoms with E-state index >= 15 is 0 Å². The summed E-state index contributed by atoms with van der Waals surface area (Å²) in [4.78, 5) is 21.0. The average Bonchev–Trinajstić information content (AvgIpc) is 3.23. The van der Waals surface area contributed by atoms with Crippen LogP contribution in [0.15, 0.2) is 55.0 Å². The number of H-pyrrole nitrogens is 1. The number of aromatic nitrogens is 2. The molecule has 1 amide bonds. The Morgan fingerprint density at radius 3 is 3.04 bits per heavy atom. The average molecular weight is 357 g/mol. The van der Waals surface area contributed by atoms with Crippen molar-refractivity contribution in [3.05, 3.63) is 60.6 Å². The summed E-state index contributed by atoms with van der Waals surface area (Å²) < 4.78 is 33.5. The molecular formula is C19H17F2N3O2. The lowest BCUT2D eigenvalue weighted by molar-refractivity contribution is 0.0116. The van der Waals surface area contributed by atoms with E-state index in [0.717, 1.165) is 10.9 Å². The third-order valence-corrected chi connectivity index (χ3v) is 4.51. The first kappa shape index (κ1) is 16.5. The van der Waals surface area contributed by atoms with Crippen molar-refractivity contribution in [2.75, 3.05) is 13.2 Å². The zero-order valence-corrected chi connectivity index (χ0v) is 13.9. The number of hydrogen-bond acceptors (Lipinski definition) is 3. The van der Waals surface area contributed by atoms with Crippen molar-refractivity contribution >= 4 is 16.8 Å². The molecule has 0 aliphatic carbocycles. The smallest absolute Gasteiger partial charge is 0.267 e. The highest BCUT2D eigenvalue weighted by atomic mass is 19.3. The zero-order chi connectivity index (χ0) is 18.1. The van der Waals surface area contributed by atoms with Crippen LogP contribution in [0.1, 0.15) is 16.8 Å². The minimum atomic E-state index is -2.92. The standard InChI is InChI=1S/C19H17F2N3O2/c20-19(21)9-15(11-26-16-2-1-6-22-10-16)24(12-19)18(25)14-3-4-17-13(8-14)5-7-23-17/h1-8,10,15,23H,9,11-12H2/t15-/m0/s1. The highest BCUT2D eigenvalue weighted by Crippen LogP contribution is 2.33. The number of fused-ring (bicyclic) bond motifs is 1. The van der Waals surface area contributed by atoms with Gasteiger partial charge in [0.05, 0.1) is 18.8 Å². The van der Waals surface area contributed by atoms with E-state index in [9.17, 15) is 13.6 Å². The molecule has 0 bridgehead atoms. The quantitative estimate of drug-likeness (QED) is 0.778. The molecule has 1 atom stereocenters. The highest BCUT2D eigenvalue weighted by Gasteiger charge is 2.47. The Bertz CT molecular complexity index is 927. The van der Waals surface area contributed by atoms with Crippen LogP contribution in [0.3, 0.4) is 0 Å². The number of alkyl halides is 2. The molecule has 134 valence electrons. The number of carbonyl (C=O) groups is 1. The summed E-state index contributed by atoms with van der Waals surface area (Å²) in [5, 5.41) is 0.866. The largest absolute Gasteiger partial charge is 0.490 e. The second kappa shape index (κ2) is 6.40. The molecule has 4 rings (SSSR count). The Balaban J connectivity index is 1.54. The summed E-state index contributed by atoms with van der Waals surface area (Å²) in [6, 6.07) is 9.69. The van der Waals surface area contributed by atoms with Gasteiger partial charge in [-0.2, -0.15) is 0 Å². The topological polar surface area (TPSA) is 58.2 Å². The van der Waals surface area contributed by atoms with Crippen LogP contribution in [-0.4, -0.2) is 45.9 Å². The molecule has 1 N–H and O–H groups in total. The molecule has 0 unspecified atom stereocenters. The summed E-state index contributed by atoms with van der Waals surface area (Å²) in [6.07, 6.45) is 4.47. The number of benzene rings is 1. The van der Waals surface area contributed by atoms with Crippen LogP contribution in [0.5, 0.6) is 5.75 Å². The van der Waals surface area contributed by atoms with E-state index in [-0.39, 0.29) is 6.61 Å². The number of pyridine rings is 1. The number of hydrogen-bond donors (Lipinski definition) is 1. The third kappa shape index (κ3) is 3.24. The van der Waals surface area contributed by atoms with Crippen LogP contribution in [0.4, 0.5) is 8.78 Å². The number of rotatable bonds is 4. The molecule has 1 aliphatic heterocycles. The van der Waals surface area contributed by atoms with Gasteiger partial charge in [-0.05, 0) is 36.4 Å². The number of amides is 1. The number of likely N-dealkylation sites (tertiary alicyclic amines) is 1. The van der Waals surface area contributed by atoms with Crippen molar-refractivity contribution in [3.63, 3.8) is 0 Å². The Hall–Kier alpha value is -2.96. The Morgan fingerprint density at radius 2 is 2.23 bits per heavy atom. The van der Waals surface area contributed by atoms with Gasteiger partial charge in [0.15, 0.2) is 0 Å². The van der Waals surface area contributed by atoms with Crippen LogP contribution >= 0.6 is 0 Å². The predicted molar refractivity (Wildman–Crippen MR) is 92.4 cm³/mol. The van der Waals surface area contributed by atoms with Gasteiger partial charge in [0, 0.05) is 35.3 Å². The number of nitrogens with zero attached hydrogens (tertiary/aromatic N) is 2. The molecule has 1 aromatic carbocycles. The lowest BCUT2D eigenvalue weighted by Crippen LogP contribution is -2.39. The van der Waals surface area contributed by atoms with Gasteiger partial charge in [0.2, 0.25) is 0 Å². The summed E-state index contributed by atoms with van der Waals surface area (Å²) in [5.41, 5.74) is 1.28. The van der Waals surface area contributed by atoms with Gasteiger partial charge in [-0.15, -0.1) is 0 Å². The van der Waals surface area contributed by atoms with Crippen LogP contribution < -0.4 is 4.74 Å². The first-order valence-electron chi connectivity index (χ1n) is 8.31. The van der Waals surface area contributed by atoms with Crippen molar-refractivity contribution in [2.45, 2.75) is 18.4 Å². The summed E-state index contributed by atoms with van der Waals surface area (Å²) >= 11 is 0. The monoisotopic (exact) mass is 357 g/mol. The van der Waals surface area contributed by atoms with Crippen LogP contribution in [0.25, 0.3) is 10.9 Å². The van der Waals surface area contributed by atoms with E-state index in [1.165, 1.54) is 11.1 Å². The number of aromatic amines is 1. The predicted octanol–water partition coefficient (Wildman–Crippen LogP) is 3.49. The maximum absolute atomic E-state index is 14.0. The summed E-state index contributed by atoms with van der Waals surface area (Å²) in [7, 11) is 0. The maximum Gasteiger partial charge on any atom is 0.267 e. The van der Waals surface area contributed by atoms with E-state index in [1.807, 2.05) is 6.07 Å². The van der Waals surface area contributed by atoms with E-state index in [2.05, 4.69) is 9.97 Å². The van der Waals surface area contributed by atoms with Gasteiger partial charge in [0.1, 0.15) is 12.4 Å². The first-order chi connectivity index (χ1) is 12.5. The van der Waals surface area contributed by atoms with Crippen molar-refractivity contribution < 1.29 is 18.3 Å². The molecule has 0 saturated carbocycles. The molecule has 26 heavy (non-hydrogen) atoms. The molecule has 5 nitrogen and oxygen atoms in total. The van der Waals surface area contributed by atoms with Gasteiger partial charge < -0.3 is 14.6 Å². The van der Waals surface area contributed by atoms with Crippen LogP contribution in [-0.2, 0) is 0 Å². The molecule has 1 saturated heterocycles. The molecule has 2 aromatic heterocycles. The van der Waals surface area contributed by atoms with Crippen LogP contribution in [0.2, 0.25) is 0 Å². The second-order valence-electron chi connectivity index (χ2n) is 6.43. The Kier molecular flexibility index (Phi) is 4.06. The number of halogens is 2. The second-order valence-corrected chi connectivity index (χ2v) is 6.43. The molecule has 0 radical (unpaired) electrons. The maximum atomic E-state index is 14.0. The Labute approximate surface area is 148 Å². The van der Waals surface area contributed by atoms with Gasteiger partial charge in [-0.3, -0.25) is 9.78 Å². The lowest BCUT2D eigenvalue weighted by Gasteiger charge is -2.24. The van der Waals surface area contributed by atoms with Crippen molar-refractivity contribution in [1.29, 1.82) is 0 Å². The Morgan fingerprint density at radius 1 is 1.35 bits per heavy atom. The number of carbonyl (C=O) groups excluding carboxylic acids is 1. The lowest BCUT2D eigenvalue weighted by atomic mass is 10.1. The molecule has 7 heteroatoms. The van der Waals surface area contributed by atoms with Gasteiger partial charge in [-0.25, -0.2) is 8.78 Å². The minimum Gasteiger partial charge on any atom is -0.490 e. The van der Waals surface area contributed by atoms with Crippen molar-refractivity contribution in [1.82, 2.24) is 14.9 Å². The normalized spacial score (nSPS) is 19.0. The molecular weight excluding hydrogens is 340 g/mol.